The molecule has 0 spiro atoms. The standard InChI is InChI=1S/C25H30N2O3/c1-7-20-15(4)24(28)27-22(20)12-21-16(5)23(17(6)26-21)18-8-10-19(11-9-18)25(29)30-13-14(2)3/h8-12,14,26H,7,13H2,1-6H3,(H,27,28)/b22-12-. The van der Waals surface area contributed by atoms with Crippen LogP contribution in [0, 0.1) is 19.8 Å². The summed E-state index contributed by atoms with van der Waals surface area (Å²) in [6, 6.07) is 7.51. The molecule has 0 saturated heterocycles. The first kappa shape index (κ1) is 21.6. The van der Waals surface area contributed by atoms with Crippen molar-refractivity contribution in [3.05, 3.63) is 63.6 Å². The maximum absolute atomic E-state index is 12.2. The number of aryl methyl sites for hydroxylation is 1. The van der Waals surface area contributed by atoms with Crippen LogP contribution in [0.25, 0.3) is 17.2 Å². The third-order valence-corrected chi connectivity index (χ3v) is 5.44. The number of amides is 1. The molecule has 2 aromatic rings. The van der Waals surface area contributed by atoms with Crippen molar-refractivity contribution in [3.63, 3.8) is 0 Å². The molecule has 0 aliphatic carbocycles. The fourth-order valence-corrected chi connectivity index (χ4v) is 3.80. The molecule has 2 N–H and O–H groups in total. The van der Waals surface area contributed by atoms with E-state index >= 15 is 0 Å². The van der Waals surface area contributed by atoms with Gasteiger partial charge < -0.3 is 15.0 Å². The van der Waals surface area contributed by atoms with Crippen LogP contribution in [0.4, 0.5) is 0 Å². The van der Waals surface area contributed by atoms with Crippen LogP contribution in [0.15, 0.2) is 41.1 Å². The fraction of sp³-hybridized carbons (Fsp3) is 0.360. The normalized spacial score (nSPS) is 15.3. The van der Waals surface area contributed by atoms with Crippen LogP contribution in [-0.2, 0) is 9.53 Å². The number of ether oxygens (including phenoxy) is 1. The number of hydrogen-bond acceptors (Lipinski definition) is 3. The molecule has 0 atom stereocenters. The van der Waals surface area contributed by atoms with Gasteiger partial charge in [-0.25, -0.2) is 4.79 Å². The Labute approximate surface area is 178 Å². The topological polar surface area (TPSA) is 71.2 Å². The number of carbonyl (C=O) groups is 2. The minimum Gasteiger partial charge on any atom is -0.462 e. The van der Waals surface area contributed by atoms with Crippen molar-refractivity contribution in [3.8, 4) is 11.1 Å². The largest absolute Gasteiger partial charge is 0.462 e. The number of aromatic nitrogens is 1. The van der Waals surface area contributed by atoms with Crippen molar-refractivity contribution in [2.45, 2.75) is 48.0 Å². The molecule has 1 aliphatic heterocycles. The highest BCUT2D eigenvalue weighted by molar-refractivity contribution is 6.01. The zero-order valence-electron chi connectivity index (χ0n) is 18.6. The van der Waals surface area contributed by atoms with Gasteiger partial charge in [-0.3, -0.25) is 4.79 Å². The Kier molecular flexibility index (Phi) is 6.30. The first-order valence-corrected chi connectivity index (χ1v) is 10.4. The fourth-order valence-electron chi connectivity index (χ4n) is 3.80. The number of esters is 1. The van der Waals surface area contributed by atoms with Gasteiger partial charge >= 0.3 is 5.97 Å². The predicted octanol–water partition coefficient (Wildman–Crippen LogP) is 5.31. The van der Waals surface area contributed by atoms with E-state index in [-0.39, 0.29) is 11.9 Å². The van der Waals surface area contributed by atoms with Crippen LogP contribution in [0.5, 0.6) is 0 Å². The molecule has 5 nitrogen and oxygen atoms in total. The molecule has 1 aromatic heterocycles. The Balaban J connectivity index is 1.89. The van der Waals surface area contributed by atoms with Crippen LogP contribution in [0.1, 0.15) is 61.4 Å². The monoisotopic (exact) mass is 406 g/mol. The van der Waals surface area contributed by atoms with Gasteiger partial charge in [0, 0.05) is 28.2 Å². The molecule has 1 amide bonds. The Morgan fingerprint density at radius 2 is 1.80 bits per heavy atom. The Morgan fingerprint density at radius 3 is 2.40 bits per heavy atom. The van der Waals surface area contributed by atoms with Crippen LogP contribution in [0.2, 0.25) is 0 Å². The summed E-state index contributed by atoms with van der Waals surface area (Å²) in [5.74, 6) is -0.0176. The van der Waals surface area contributed by atoms with Crippen molar-refractivity contribution < 1.29 is 14.3 Å². The third kappa shape index (κ3) is 4.25. The summed E-state index contributed by atoms with van der Waals surface area (Å²) >= 11 is 0. The second-order valence-electron chi connectivity index (χ2n) is 8.20. The van der Waals surface area contributed by atoms with Gasteiger partial charge in [-0.15, -0.1) is 0 Å². The van der Waals surface area contributed by atoms with Crippen LogP contribution in [0.3, 0.4) is 0 Å². The number of hydrogen-bond donors (Lipinski definition) is 2. The molecule has 0 saturated carbocycles. The van der Waals surface area contributed by atoms with Gasteiger partial charge in [0.1, 0.15) is 0 Å². The van der Waals surface area contributed by atoms with E-state index in [9.17, 15) is 9.59 Å². The first-order chi connectivity index (χ1) is 14.2. The van der Waals surface area contributed by atoms with Crippen molar-refractivity contribution >= 4 is 18.0 Å². The average Bonchev–Trinajstić information content (AvgIpc) is 3.14. The van der Waals surface area contributed by atoms with E-state index < -0.39 is 0 Å². The molecular formula is C25H30N2O3. The Morgan fingerprint density at radius 1 is 1.13 bits per heavy atom. The van der Waals surface area contributed by atoms with Gasteiger partial charge in [-0.1, -0.05) is 32.9 Å². The molecule has 0 unspecified atom stereocenters. The van der Waals surface area contributed by atoms with Gasteiger partial charge in [0.15, 0.2) is 0 Å². The average molecular weight is 407 g/mol. The molecule has 3 rings (SSSR count). The summed E-state index contributed by atoms with van der Waals surface area (Å²) in [7, 11) is 0. The Bertz CT molecular complexity index is 1040. The maximum Gasteiger partial charge on any atom is 0.338 e. The van der Waals surface area contributed by atoms with Crippen molar-refractivity contribution in [2.24, 2.45) is 5.92 Å². The van der Waals surface area contributed by atoms with Gasteiger partial charge in [-0.2, -0.15) is 0 Å². The molecule has 1 aliphatic rings. The van der Waals surface area contributed by atoms with E-state index in [0.29, 0.717) is 18.1 Å². The third-order valence-electron chi connectivity index (χ3n) is 5.44. The summed E-state index contributed by atoms with van der Waals surface area (Å²) in [5, 5.41) is 2.97. The highest BCUT2D eigenvalue weighted by Crippen LogP contribution is 2.32. The van der Waals surface area contributed by atoms with Crippen LogP contribution in [-0.4, -0.2) is 23.5 Å². The van der Waals surface area contributed by atoms with Gasteiger partial charge in [0.25, 0.3) is 5.91 Å². The molecule has 0 bridgehead atoms. The number of rotatable bonds is 6. The molecule has 2 heterocycles. The number of allylic oxidation sites excluding steroid dienone is 1. The van der Waals surface area contributed by atoms with Crippen LogP contribution >= 0.6 is 0 Å². The molecule has 1 aromatic carbocycles. The smallest absolute Gasteiger partial charge is 0.338 e. The summed E-state index contributed by atoms with van der Waals surface area (Å²) in [4.78, 5) is 27.6. The minimum absolute atomic E-state index is 0.0285. The molecule has 5 heteroatoms. The second kappa shape index (κ2) is 8.74. The number of H-pyrrole nitrogens is 1. The summed E-state index contributed by atoms with van der Waals surface area (Å²) in [6.07, 6.45) is 2.81. The van der Waals surface area contributed by atoms with E-state index in [1.54, 1.807) is 12.1 Å². The lowest BCUT2D eigenvalue weighted by Crippen LogP contribution is -2.15. The van der Waals surface area contributed by atoms with E-state index in [1.807, 2.05) is 45.9 Å². The first-order valence-electron chi connectivity index (χ1n) is 10.4. The van der Waals surface area contributed by atoms with Gasteiger partial charge in [0.2, 0.25) is 0 Å². The summed E-state index contributed by atoms with van der Waals surface area (Å²) in [5.41, 5.74) is 8.49. The summed E-state index contributed by atoms with van der Waals surface area (Å²) < 4.78 is 5.31. The lowest BCUT2D eigenvalue weighted by molar-refractivity contribution is -0.116. The lowest BCUT2D eigenvalue weighted by atomic mass is 9.99. The number of nitrogens with one attached hydrogen (secondary N) is 2. The minimum atomic E-state index is -0.297. The predicted molar refractivity (Wildman–Crippen MR) is 120 cm³/mol. The molecular weight excluding hydrogens is 376 g/mol. The van der Waals surface area contributed by atoms with Gasteiger partial charge in [-0.05, 0) is 68.0 Å². The molecule has 0 fully saturated rings. The molecule has 30 heavy (non-hydrogen) atoms. The maximum atomic E-state index is 12.2. The molecule has 0 radical (unpaired) electrons. The zero-order valence-corrected chi connectivity index (χ0v) is 18.6. The zero-order chi connectivity index (χ0) is 22.0. The van der Waals surface area contributed by atoms with Crippen molar-refractivity contribution in [1.29, 1.82) is 0 Å². The van der Waals surface area contributed by atoms with Gasteiger partial charge in [0.05, 0.1) is 12.2 Å². The van der Waals surface area contributed by atoms with E-state index in [4.69, 9.17) is 4.74 Å². The highest BCUT2D eigenvalue weighted by atomic mass is 16.5. The lowest BCUT2D eigenvalue weighted by Gasteiger charge is -2.08. The molecule has 158 valence electrons. The summed E-state index contributed by atoms with van der Waals surface area (Å²) in [6.45, 7) is 12.5. The SMILES string of the molecule is CCC1=C(C)C(=O)N/C1=C\c1[nH]c(C)c(-c2ccc(C(=O)OCC(C)C)cc2)c1C. The van der Waals surface area contributed by atoms with Crippen molar-refractivity contribution in [2.75, 3.05) is 6.61 Å². The number of carbonyl (C=O) groups excluding carboxylic acids is 2. The van der Waals surface area contributed by atoms with E-state index in [2.05, 4.69) is 24.1 Å². The second-order valence-corrected chi connectivity index (χ2v) is 8.20. The highest BCUT2D eigenvalue weighted by Gasteiger charge is 2.23. The Hall–Kier alpha value is -3.08. The van der Waals surface area contributed by atoms with Crippen LogP contribution < -0.4 is 5.32 Å². The van der Waals surface area contributed by atoms with Crippen molar-refractivity contribution in [1.82, 2.24) is 10.3 Å². The van der Waals surface area contributed by atoms with E-state index in [1.165, 1.54) is 0 Å². The number of aromatic amines is 1. The van der Waals surface area contributed by atoms with E-state index in [0.717, 1.165) is 51.3 Å². The quantitative estimate of drug-likeness (QED) is 0.639. The number of benzene rings is 1.